The first-order valence-electron chi connectivity index (χ1n) is 12.2. The van der Waals surface area contributed by atoms with Crippen molar-refractivity contribution in [2.45, 2.75) is 46.1 Å². The summed E-state index contributed by atoms with van der Waals surface area (Å²) in [5.41, 5.74) is 4.60. The van der Waals surface area contributed by atoms with Crippen molar-refractivity contribution in [2.75, 3.05) is 13.2 Å². The Balaban J connectivity index is 1.31. The summed E-state index contributed by atoms with van der Waals surface area (Å²) in [7, 11) is 0. The van der Waals surface area contributed by atoms with E-state index < -0.39 is 5.82 Å². The van der Waals surface area contributed by atoms with E-state index in [4.69, 9.17) is 9.72 Å². The zero-order valence-electron chi connectivity index (χ0n) is 20.4. The molecule has 0 unspecified atom stereocenters. The highest BCUT2D eigenvalue weighted by Gasteiger charge is 2.12. The number of aromatic nitrogens is 2. The number of imidazole rings is 1. The number of hydrogen-bond donors (Lipinski definition) is 1. The molecule has 0 saturated heterocycles. The number of fused-ring (bicyclic) bond motifs is 1. The SMILES string of the molecule is Cc1cccc(OCCCCn2c(CCCNC(=O)c3ccccc3F)nc3ccccc32)c1C. The van der Waals surface area contributed by atoms with Crippen molar-refractivity contribution in [3.63, 3.8) is 0 Å². The maximum absolute atomic E-state index is 13.8. The predicted octanol–water partition coefficient (Wildman–Crippen LogP) is 6.01. The van der Waals surface area contributed by atoms with E-state index in [9.17, 15) is 9.18 Å². The Bertz CT molecular complexity index is 1300. The van der Waals surface area contributed by atoms with Crippen LogP contribution in [0.25, 0.3) is 11.0 Å². The van der Waals surface area contributed by atoms with Crippen molar-refractivity contribution in [3.05, 3.63) is 95.1 Å². The molecule has 1 N–H and O–H groups in total. The number of para-hydroxylation sites is 2. The van der Waals surface area contributed by atoms with E-state index in [1.165, 1.54) is 23.3 Å². The number of carbonyl (C=O) groups excluding carboxylic acids is 1. The first-order chi connectivity index (χ1) is 17.0. The molecule has 0 spiro atoms. The van der Waals surface area contributed by atoms with Crippen LogP contribution in [0.4, 0.5) is 4.39 Å². The lowest BCUT2D eigenvalue weighted by Gasteiger charge is -2.12. The molecule has 0 bridgehead atoms. The van der Waals surface area contributed by atoms with E-state index in [-0.39, 0.29) is 11.5 Å². The molecule has 0 radical (unpaired) electrons. The molecule has 4 aromatic rings. The summed E-state index contributed by atoms with van der Waals surface area (Å²) in [5, 5.41) is 2.81. The fraction of sp³-hybridized carbons (Fsp3) is 0.310. The molecule has 4 rings (SSSR count). The number of hydrogen-bond acceptors (Lipinski definition) is 3. The van der Waals surface area contributed by atoms with Crippen LogP contribution in [0.3, 0.4) is 0 Å². The number of halogens is 1. The Morgan fingerprint density at radius 1 is 0.971 bits per heavy atom. The zero-order valence-corrected chi connectivity index (χ0v) is 20.4. The van der Waals surface area contributed by atoms with E-state index in [1.54, 1.807) is 12.1 Å². The Morgan fingerprint density at radius 3 is 2.63 bits per heavy atom. The average Bonchev–Trinajstić information content (AvgIpc) is 3.21. The first kappa shape index (κ1) is 24.5. The molecule has 0 saturated carbocycles. The average molecular weight is 474 g/mol. The van der Waals surface area contributed by atoms with Gasteiger partial charge in [0.1, 0.15) is 17.4 Å². The van der Waals surface area contributed by atoms with Gasteiger partial charge in [0.2, 0.25) is 0 Å². The highest BCUT2D eigenvalue weighted by Crippen LogP contribution is 2.21. The van der Waals surface area contributed by atoms with Crippen molar-refractivity contribution in [1.82, 2.24) is 14.9 Å². The van der Waals surface area contributed by atoms with E-state index >= 15 is 0 Å². The summed E-state index contributed by atoms with van der Waals surface area (Å²) in [6, 6.07) is 20.3. The Morgan fingerprint density at radius 2 is 1.77 bits per heavy atom. The minimum Gasteiger partial charge on any atom is -0.493 e. The van der Waals surface area contributed by atoms with Gasteiger partial charge in [-0.1, -0.05) is 36.4 Å². The fourth-order valence-corrected chi connectivity index (χ4v) is 4.19. The summed E-state index contributed by atoms with van der Waals surface area (Å²) in [4.78, 5) is 17.1. The summed E-state index contributed by atoms with van der Waals surface area (Å²) in [6.45, 7) is 6.18. The van der Waals surface area contributed by atoms with Crippen molar-refractivity contribution >= 4 is 16.9 Å². The number of unbranched alkanes of at least 4 members (excludes halogenated alkanes) is 1. The summed E-state index contributed by atoms with van der Waals surface area (Å²) in [5.74, 6) is 1.06. The molecule has 1 aromatic heterocycles. The molecule has 0 aliphatic carbocycles. The van der Waals surface area contributed by atoms with Gasteiger partial charge in [-0.2, -0.15) is 0 Å². The fourth-order valence-electron chi connectivity index (χ4n) is 4.19. The predicted molar refractivity (Wildman–Crippen MR) is 137 cm³/mol. The molecule has 1 amide bonds. The third kappa shape index (κ3) is 6.07. The number of rotatable bonds is 11. The van der Waals surface area contributed by atoms with Crippen LogP contribution in [-0.4, -0.2) is 28.6 Å². The number of benzene rings is 3. The normalized spacial score (nSPS) is 11.1. The summed E-state index contributed by atoms with van der Waals surface area (Å²) in [6.07, 6.45) is 3.37. The molecular weight excluding hydrogens is 441 g/mol. The van der Waals surface area contributed by atoms with E-state index in [1.807, 2.05) is 30.3 Å². The highest BCUT2D eigenvalue weighted by molar-refractivity contribution is 5.94. The number of carbonyl (C=O) groups is 1. The van der Waals surface area contributed by atoms with Gasteiger partial charge in [0, 0.05) is 19.5 Å². The van der Waals surface area contributed by atoms with Gasteiger partial charge in [0.05, 0.1) is 23.2 Å². The number of nitrogens with one attached hydrogen (secondary N) is 1. The van der Waals surface area contributed by atoms with Gasteiger partial charge in [0.15, 0.2) is 0 Å². The van der Waals surface area contributed by atoms with Crippen LogP contribution in [-0.2, 0) is 13.0 Å². The monoisotopic (exact) mass is 473 g/mol. The van der Waals surface area contributed by atoms with E-state index in [0.717, 1.165) is 54.8 Å². The Labute approximate surface area is 206 Å². The second-order valence-electron chi connectivity index (χ2n) is 8.76. The third-order valence-electron chi connectivity index (χ3n) is 6.30. The molecule has 0 aliphatic heterocycles. The van der Waals surface area contributed by atoms with Gasteiger partial charge in [-0.05, 0) is 74.6 Å². The lowest BCUT2D eigenvalue weighted by Crippen LogP contribution is -2.25. The molecule has 6 heteroatoms. The Hall–Kier alpha value is -3.67. The minimum atomic E-state index is -0.506. The van der Waals surface area contributed by atoms with Crippen molar-refractivity contribution in [2.24, 2.45) is 0 Å². The third-order valence-corrected chi connectivity index (χ3v) is 6.30. The quantitative estimate of drug-likeness (QED) is 0.271. The van der Waals surface area contributed by atoms with Crippen LogP contribution in [0.1, 0.15) is 46.6 Å². The molecular formula is C29H32FN3O2. The lowest BCUT2D eigenvalue weighted by atomic mass is 10.1. The number of nitrogens with zero attached hydrogens (tertiary/aromatic N) is 2. The number of amides is 1. The van der Waals surface area contributed by atoms with Gasteiger partial charge < -0.3 is 14.6 Å². The van der Waals surface area contributed by atoms with E-state index in [2.05, 4.69) is 35.9 Å². The number of aryl methyl sites for hydroxylation is 3. The molecule has 0 fully saturated rings. The van der Waals surface area contributed by atoms with Crippen LogP contribution in [0.15, 0.2) is 66.7 Å². The van der Waals surface area contributed by atoms with Crippen LogP contribution < -0.4 is 10.1 Å². The molecule has 0 atom stereocenters. The highest BCUT2D eigenvalue weighted by atomic mass is 19.1. The second kappa shape index (κ2) is 11.6. The van der Waals surface area contributed by atoms with Crippen molar-refractivity contribution in [3.8, 4) is 5.75 Å². The second-order valence-corrected chi connectivity index (χ2v) is 8.76. The number of ether oxygens (including phenoxy) is 1. The first-order valence-corrected chi connectivity index (χ1v) is 12.2. The molecule has 0 aliphatic rings. The minimum absolute atomic E-state index is 0.0721. The standard InChI is InChI=1S/C29H32FN3O2/c1-21-11-9-16-27(22(21)2)35-20-8-7-19-33-26-15-6-5-14-25(26)32-28(33)17-10-18-31-29(34)23-12-3-4-13-24(23)30/h3-6,9,11-16H,7-8,10,17-20H2,1-2H3,(H,31,34). The molecule has 3 aromatic carbocycles. The molecule has 5 nitrogen and oxygen atoms in total. The Kier molecular flexibility index (Phi) is 8.14. The van der Waals surface area contributed by atoms with Gasteiger partial charge in [-0.3, -0.25) is 4.79 Å². The van der Waals surface area contributed by atoms with Crippen LogP contribution >= 0.6 is 0 Å². The van der Waals surface area contributed by atoms with Crippen LogP contribution in [0.2, 0.25) is 0 Å². The smallest absolute Gasteiger partial charge is 0.254 e. The van der Waals surface area contributed by atoms with Crippen molar-refractivity contribution in [1.29, 1.82) is 0 Å². The topological polar surface area (TPSA) is 56.1 Å². The molecule has 35 heavy (non-hydrogen) atoms. The summed E-state index contributed by atoms with van der Waals surface area (Å²) >= 11 is 0. The van der Waals surface area contributed by atoms with E-state index in [0.29, 0.717) is 13.2 Å². The largest absolute Gasteiger partial charge is 0.493 e. The lowest BCUT2D eigenvalue weighted by molar-refractivity contribution is 0.0949. The summed E-state index contributed by atoms with van der Waals surface area (Å²) < 4.78 is 22.1. The molecule has 1 heterocycles. The van der Waals surface area contributed by atoms with Gasteiger partial charge in [-0.15, -0.1) is 0 Å². The van der Waals surface area contributed by atoms with Crippen molar-refractivity contribution < 1.29 is 13.9 Å². The maximum atomic E-state index is 13.8. The van der Waals surface area contributed by atoms with Gasteiger partial charge in [0.25, 0.3) is 5.91 Å². The maximum Gasteiger partial charge on any atom is 0.254 e. The van der Waals surface area contributed by atoms with Gasteiger partial charge in [-0.25, -0.2) is 9.37 Å². The molecule has 182 valence electrons. The van der Waals surface area contributed by atoms with Crippen LogP contribution in [0, 0.1) is 19.7 Å². The zero-order chi connectivity index (χ0) is 24.6. The van der Waals surface area contributed by atoms with Gasteiger partial charge >= 0.3 is 0 Å². The van der Waals surface area contributed by atoms with Crippen LogP contribution in [0.5, 0.6) is 5.75 Å².